The molecule has 4 heterocycles. The van der Waals surface area contributed by atoms with Crippen LogP contribution in [0.2, 0.25) is 0 Å². The van der Waals surface area contributed by atoms with Crippen LogP contribution >= 0.6 is 0 Å². The van der Waals surface area contributed by atoms with Crippen molar-refractivity contribution in [1.82, 2.24) is 20.9 Å². The average Bonchev–Trinajstić information content (AvgIpc) is 3.25. The van der Waals surface area contributed by atoms with Gasteiger partial charge in [0.1, 0.15) is 12.2 Å². The molecule has 0 amide bonds. The topological polar surface area (TPSA) is 128 Å². The minimum Gasteiger partial charge on any atom is -0.460 e. The van der Waals surface area contributed by atoms with E-state index in [0.717, 1.165) is 50.2 Å². The first kappa shape index (κ1) is 46.4. The molecule has 10 nitrogen and oxygen atoms in total. The first-order valence-electron chi connectivity index (χ1n) is 22.3. The minimum absolute atomic E-state index is 0.0188. The monoisotopic (exact) mass is 791 g/mol. The van der Waals surface area contributed by atoms with Gasteiger partial charge in [0.2, 0.25) is 0 Å². The van der Waals surface area contributed by atoms with E-state index < -0.39 is 0 Å². The van der Waals surface area contributed by atoms with Crippen molar-refractivity contribution in [3.63, 3.8) is 0 Å². The van der Waals surface area contributed by atoms with Gasteiger partial charge in [-0.3, -0.25) is 19.4 Å². The maximum atomic E-state index is 12.0. The molecule has 57 heavy (non-hydrogen) atoms. The maximum absolute atomic E-state index is 12.0. The molecule has 6 rings (SSSR count). The predicted molar refractivity (Wildman–Crippen MR) is 226 cm³/mol. The second kappa shape index (κ2) is 25.2. The minimum atomic E-state index is -0.281. The van der Waals surface area contributed by atoms with Gasteiger partial charge in [0.15, 0.2) is 6.10 Å². The molecule has 4 aliphatic rings. The van der Waals surface area contributed by atoms with Gasteiger partial charge in [-0.05, 0) is 94.6 Å². The van der Waals surface area contributed by atoms with Crippen molar-refractivity contribution in [2.24, 2.45) is 23.7 Å². The van der Waals surface area contributed by atoms with Gasteiger partial charge in [0, 0.05) is 24.3 Å². The van der Waals surface area contributed by atoms with Crippen LogP contribution in [0.25, 0.3) is 0 Å². The van der Waals surface area contributed by atoms with E-state index in [1.807, 2.05) is 90.1 Å². The summed E-state index contributed by atoms with van der Waals surface area (Å²) in [5.41, 5.74) is 1.91. The molecule has 318 valence electrons. The van der Waals surface area contributed by atoms with Crippen LogP contribution in [0.15, 0.2) is 54.7 Å². The van der Waals surface area contributed by atoms with E-state index in [2.05, 4.69) is 20.9 Å². The highest BCUT2D eigenvalue weighted by Crippen LogP contribution is 2.32. The Bertz CT molecular complexity index is 1320. The van der Waals surface area contributed by atoms with E-state index in [1.165, 1.54) is 70.6 Å². The molecule has 1 aliphatic carbocycles. The Morgan fingerprint density at radius 1 is 0.526 bits per heavy atom. The van der Waals surface area contributed by atoms with E-state index in [-0.39, 0.29) is 66.1 Å². The molecular weight excluding hydrogens is 717 g/mol. The summed E-state index contributed by atoms with van der Waals surface area (Å²) in [5, 5.41) is 10.5. The number of hydrogen-bond acceptors (Lipinski definition) is 10. The first-order valence-corrected chi connectivity index (χ1v) is 22.3. The quantitative estimate of drug-likeness (QED) is 0.142. The number of esters is 3. The van der Waals surface area contributed by atoms with Crippen LogP contribution < -0.4 is 16.0 Å². The van der Waals surface area contributed by atoms with Crippen molar-refractivity contribution in [1.29, 1.82) is 0 Å². The fraction of sp³-hybridized carbons (Fsp3) is 0.702. The molecule has 0 spiro atoms. The molecule has 1 saturated carbocycles. The average molecular weight is 791 g/mol. The number of ether oxygens (including phenoxy) is 3. The van der Waals surface area contributed by atoms with E-state index in [4.69, 9.17) is 14.2 Å². The zero-order chi connectivity index (χ0) is 41.0. The number of piperidine rings is 3. The molecule has 0 radical (unpaired) electrons. The van der Waals surface area contributed by atoms with E-state index in [9.17, 15) is 14.4 Å². The van der Waals surface area contributed by atoms with Gasteiger partial charge in [0.05, 0.1) is 23.4 Å². The predicted octanol–water partition coefficient (Wildman–Crippen LogP) is 8.81. The molecule has 3 aliphatic heterocycles. The number of carbonyl (C=O) groups excluding carboxylic acids is 3. The highest BCUT2D eigenvalue weighted by molar-refractivity contribution is 5.72. The lowest BCUT2D eigenvalue weighted by Gasteiger charge is -2.38. The molecule has 4 fully saturated rings. The zero-order valence-corrected chi connectivity index (χ0v) is 35.9. The molecular formula is C47H74N4O6. The van der Waals surface area contributed by atoms with Gasteiger partial charge in [0.25, 0.3) is 0 Å². The first-order chi connectivity index (χ1) is 27.5. The number of pyridine rings is 1. The summed E-state index contributed by atoms with van der Waals surface area (Å²) in [7, 11) is 0. The van der Waals surface area contributed by atoms with Gasteiger partial charge < -0.3 is 30.2 Å². The van der Waals surface area contributed by atoms with Crippen molar-refractivity contribution < 1.29 is 28.6 Å². The van der Waals surface area contributed by atoms with Crippen LogP contribution in [0.4, 0.5) is 0 Å². The third-order valence-corrected chi connectivity index (χ3v) is 11.5. The Balaban J connectivity index is 0.000000189. The van der Waals surface area contributed by atoms with Crippen LogP contribution in [0.1, 0.15) is 155 Å². The van der Waals surface area contributed by atoms with Crippen LogP contribution in [0.5, 0.6) is 0 Å². The van der Waals surface area contributed by atoms with Crippen LogP contribution in [0, 0.1) is 23.7 Å². The lowest BCUT2D eigenvalue weighted by atomic mass is 9.80. The number of nitrogens with one attached hydrogen (secondary N) is 3. The summed E-state index contributed by atoms with van der Waals surface area (Å²) >= 11 is 0. The van der Waals surface area contributed by atoms with Gasteiger partial charge in [-0.1, -0.05) is 116 Å². The normalized spacial score (nSPS) is 23.1. The number of rotatable bonds is 12. The smallest absolute Gasteiger partial charge is 0.309 e. The molecule has 3 N–H and O–H groups in total. The third-order valence-electron chi connectivity index (χ3n) is 11.5. The Kier molecular flexibility index (Phi) is 20.5. The summed E-state index contributed by atoms with van der Waals surface area (Å²) in [6.45, 7) is 14.4. The van der Waals surface area contributed by atoms with Crippen LogP contribution in [-0.2, 0) is 28.6 Å². The molecule has 6 atom stereocenters. The highest BCUT2D eigenvalue weighted by Gasteiger charge is 2.35. The molecule has 10 heteroatoms. The second-order valence-corrected chi connectivity index (χ2v) is 17.3. The summed E-state index contributed by atoms with van der Waals surface area (Å²) in [6, 6.07) is 16.6. The van der Waals surface area contributed by atoms with Crippen LogP contribution in [0.3, 0.4) is 0 Å². The number of carbonyl (C=O) groups is 3. The van der Waals surface area contributed by atoms with Gasteiger partial charge in [-0.25, -0.2) is 0 Å². The van der Waals surface area contributed by atoms with Crippen molar-refractivity contribution in [2.75, 3.05) is 19.6 Å². The van der Waals surface area contributed by atoms with Gasteiger partial charge >= 0.3 is 17.9 Å². The van der Waals surface area contributed by atoms with Crippen molar-refractivity contribution in [3.05, 3.63) is 66.0 Å². The highest BCUT2D eigenvalue weighted by atomic mass is 16.6. The number of hydrogen-bond donors (Lipinski definition) is 3. The van der Waals surface area contributed by atoms with E-state index >= 15 is 0 Å². The van der Waals surface area contributed by atoms with Crippen molar-refractivity contribution in [2.45, 2.75) is 168 Å². The standard InChI is InChI=1S/C16H29NO2.C16H23NO2.C15H22N2O2/c2*1-12(2)16(18)19-15(13-8-4-3-5-9-13)14-10-6-7-11-17-14;1-11(2)15(18)19-14(12-7-3-5-9-16-12)13-8-4-6-10-17-13/h12-15,17H,3-11H2,1-2H3;3-5,8-9,12,14-15,17H,6-7,10-11H2,1-2H3;3,5,7,9,11,13-14,17H,4,6,8,10H2,1-2H3. The number of nitrogens with zero attached hydrogens (tertiary/aromatic N) is 1. The molecule has 1 aromatic carbocycles. The Hall–Kier alpha value is -3.34. The van der Waals surface area contributed by atoms with Gasteiger partial charge in [-0.15, -0.1) is 0 Å². The van der Waals surface area contributed by atoms with Gasteiger partial charge in [-0.2, -0.15) is 0 Å². The SMILES string of the molecule is CC(C)C(=O)OC(C1CCCCC1)C1CCCCN1.CC(C)C(=O)OC(c1ccccc1)C1CCCCN1.CC(C)C(=O)OC(c1ccccn1)C1CCCCN1. The fourth-order valence-corrected chi connectivity index (χ4v) is 8.11. The fourth-order valence-electron chi connectivity index (χ4n) is 8.11. The Morgan fingerprint density at radius 3 is 1.46 bits per heavy atom. The Morgan fingerprint density at radius 2 is 0.982 bits per heavy atom. The summed E-state index contributed by atoms with van der Waals surface area (Å²) < 4.78 is 17.3. The number of benzene rings is 1. The van der Waals surface area contributed by atoms with Crippen molar-refractivity contribution in [3.8, 4) is 0 Å². The molecule has 0 bridgehead atoms. The molecule has 1 aromatic heterocycles. The lowest BCUT2D eigenvalue weighted by Crippen LogP contribution is -2.49. The van der Waals surface area contributed by atoms with E-state index in [1.54, 1.807) is 6.20 Å². The third kappa shape index (κ3) is 15.7. The molecule has 2 aromatic rings. The summed E-state index contributed by atoms with van der Waals surface area (Å²) in [5.74, 6) is 0.0403. The summed E-state index contributed by atoms with van der Waals surface area (Å²) in [6.07, 6.45) is 18.3. The molecule has 6 unspecified atom stereocenters. The largest absolute Gasteiger partial charge is 0.460 e. The van der Waals surface area contributed by atoms with Crippen molar-refractivity contribution >= 4 is 17.9 Å². The van der Waals surface area contributed by atoms with Crippen LogP contribution in [-0.4, -0.2) is 66.8 Å². The lowest BCUT2D eigenvalue weighted by molar-refractivity contribution is -0.159. The Labute approximate surface area is 343 Å². The number of aromatic nitrogens is 1. The maximum Gasteiger partial charge on any atom is 0.309 e. The molecule has 3 saturated heterocycles. The van der Waals surface area contributed by atoms with E-state index in [0.29, 0.717) is 12.0 Å². The summed E-state index contributed by atoms with van der Waals surface area (Å²) in [4.78, 5) is 40.1. The second-order valence-electron chi connectivity index (χ2n) is 17.3. The zero-order valence-electron chi connectivity index (χ0n) is 35.9.